The number of benzene rings is 1. The van der Waals surface area contributed by atoms with Gasteiger partial charge in [-0.05, 0) is 70.6 Å². The molecule has 0 spiro atoms. The molecule has 0 aliphatic heterocycles. The Bertz CT molecular complexity index is 861. The Morgan fingerprint density at radius 3 is 2.70 bits per heavy atom. The van der Waals surface area contributed by atoms with Crippen LogP contribution in [-0.2, 0) is 22.2 Å². The molecule has 1 N–H and O–H groups in total. The van der Waals surface area contributed by atoms with Gasteiger partial charge in [0, 0.05) is 11.3 Å². The van der Waals surface area contributed by atoms with Crippen LogP contribution in [0.15, 0.2) is 30.5 Å². The normalized spacial score (nSPS) is 21.3. The average molecular weight is 369 g/mol. The van der Waals surface area contributed by atoms with Gasteiger partial charge in [-0.3, -0.25) is 9.48 Å². The predicted molar refractivity (Wildman–Crippen MR) is 103 cm³/mol. The summed E-state index contributed by atoms with van der Waals surface area (Å²) in [6.07, 6.45) is 7.43. The summed E-state index contributed by atoms with van der Waals surface area (Å²) < 4.78 is 15.8. The van der Waals surface area contributed by atoms with Gasteiger partial charge in [0.05, 0.1) is 23.2 Å². The molecular weight excluding hydrogens is 341 g/mol. The van der Waals surface area contributed by atoms with E-state index in [1.54, 1.807) is 6.07 Å². The molecule has 1 aromatic carbocycles. The predicted octanol–water partition coefficient (Wildman–Crippen LogP) is 4.39. The van der Waals surface area contributed by atoms with E-state index in [1.165, 1.54) is 17.8 Å². The van der Waals surface area contributed by atoms with Crippen molar-refractivity contribution in [1.29, 1.82) is 0 Å². The molecule has 1 atom stereocenters. The zero-order valence-electron chi connectivity index (χ0n) is 16.4. The molecule has 0 radical (unpaired) electrons. The molecule has 4 nitrogen and oxygen atoms in total. The van der Waals surface area contributed by atoms with Gasteiger partial charge in [0.1, 0.15) is 5.82 Å². The van der Waals surface area contributed by atoms with Gasteiger partial charge in [0.15, 0.2) is 0 Å². The van der Waals surface area contributed by atoms with Crippen molar-refractivity contribution in [2.45, 2.75) is 76.3 Å². The molecule has 5 heteroatoms. The highest BCUT2D eigenvalue weighted by molar-refractivity contribution is 5.89. The number of carbonyl (C=O) groups is 1. The van der Waals surface area contributed by atoms with Crippen LogP contribution in [-0.4, -0.2) is 15.7 Å². The van der Waals surface area contributed by atoms with Crippen LogP contribution in [0.3, 0.4) is 0 Å². The average Bonchev–Trinajstić information content (AvgIpc) is 2.99. The molecule has 1 saturated carbocycles. The van der Waals surface area contributed by atoms with Gasteiger partial charge < -0.3 is 5.32 Å². The fourth-order valence-electron chi connectivity index (χ4n) is 4.54. The van der Waals surface area contributed by atoms with Gasteiger partial charge in [0.25, 0.3) is 0 Å². The Labute approximate surface area is 160 Å². The largest absolute Gasteiger partial charge is 0.348 e. The molecule has 1 aromatic heterocycles. The molecule has 2 aliphatic carbocycles. The summed E-state index contributed by atoms with van der Waals surface area (Å²) in [5, 5.41) is 7.89. The van der Waals surface area contributed by atoms with Crippen LogP contribution in [0.2, 0.25) is 0 Å². The van der Waals surface area contributed by atoms with Crippen LogP contribution in [0.4, 0.5) is 4.39 Å². The highest BCUT2D eigenvalue weighted by atomic mass is 19.1. The Morgan fingerprint density at radius 2 is 2.07 bits per heavy atom. The third-order valence-corrected chi connectivity index (χ3v) is 6.14. The van der Waals surface area contributed by atoms with Crippen molar-refractivity contribution in [1.82, 2.24) is 15.1 Å². The van der Waals surface area contributed by atoms with E-state index in [9.17, 15) is 9.18 Å². The Hall–Kier alpha value is -2.17. The highest BCUT2D eigenvalue weighted by Gasteiger charge is 2.46. The van der Waals surface area contributed by atoms with Crippen molar-refractivity contribution < 1.29 is 9.18 Å². The van der Waals surface area contributed by atoms with E-state index in [0.717, 1.165) is 49.7 Å². The highest BCUT2D eigenvalue weighted by Crippen LogP contribution is 2.45. The number of hydrogen-bond acceptors (Lipinski definition) is 2. The van der Waals surface area contributed by atoms with Crippen molar-refractivity contribution in [3.05, 3.63) is 53.1 Å². The molecule has 1 fully saturated rings. The van der Waals surface area contributed by atoms with Gasteiger partial charge in [-0.25, -0.2) is 4.39 Å². The van der Waals surface area contributed by atoms with E-state index in [0.29, 0.717) is 0 Å². The van der Waals surface area contributed by atoms with Crippen molar-refractivity contribution in [2.24, 2.45) is 0 Å². The first-order valence-corrected chi connectivity index (χ1v) is 9.95. The summed E-state index contributed by atoms with van der Waals surface area (Å²) in [4.78, 5) is 13.3. The number of fused-ring (bicyclic) bond motifs is 1. The van der Waals surface area contributed by atoms with Crippen molar-refractivity contribution in [3.8, 4) is 0 Å². The van der Waals surface area contributed by atoms with E-state index >= 15 is 0 Å². The summed E-state index contributed by atoms with van der Waals surface area (Å²) in [5.41, 5.74) is 2.51. The summed E-state index contributed by atoms with van der Waals surface area (Å²) in [6.45, 7) is 6.45. The molecular formula is C22H28FN3O. The molecule has 27 heavy (non-hydrogen) atoms. The van der Waals surface area contributed by atoms with Gasteiger partial charge in [-0.1, -0.05) is 18.6 Å². The van der Waals surface area contributed by atoms with Crippen LogP contribution >= 0.6 is 0 Å². The molecule has 1 amide bonds. The Balaban J connectivity index is 1.60. The lowest BCUT2D eigenvalue weighted by Gasteiger charge is -2.42. The second-order valence-corrected chi connectivity index (χ2v) is 8.99. The third-order valence-electron chi connectivity index (χ3n) is 6.14. The molecule has 144 valence electrons. The topological polar surface area (TPSA) is 46.9 Å². The summed E-state index contributed by atoms with van der Waals surface area (Å²) in [6, 6.07) is 6.52. The minimum atomic E-state index is -0.584. The number of rotatable bonds is 3. The molecule has 2 aromatic rings. The maximum atomic E-state index is 13.7. The van der Waals surface area contributed by atoms with E-state index < -0.39 is 5.41 Å². The zero-order chi connectivity index (χ0) is 19.2. The monoisotopic (exact) mass is 369 g/mol. The van der Waals surface area contributed by atoms with Crippen LogP contribution < -0.4 is 5.32 Å². The quantitative estimate of drug-likeness (QED) is 0.872. The summed E-state index contributed by atoms with van der Waals surface area (Å²) in [7, 11) is 0. The first kappa shape index (κ1) is 18.2. The molecule has 1 heterocycles. The van der Waals surface area contributed by atoms with Gasteiger partial charge in [-0.2, -0.15) is 5.10 Å². The lowest BCUT2D eigenvalue weighted by molar-refractivity contribution is -0.130. The number of carbonyl (C=O) groups excluding carboxylic acids is 1. The maximum Gasteiger partial charge on any atom is 0.231 e. The van der Waals surface area contributed by atoms with Gasteiger partial charge >= 0.3 is 0 Å². The lowest BCUT2D eigenvalue weighted by atomic mass is 9.63. The van der Waals surface area contributed by atoms with E-state index in [1.807, 2.05) is 12.3 Å². The number of amides is 1. The van der Waals surface area contributed by atoms with E-state index in [2.05, 4.69) is 35.9 Å². The fraction of sp³-hybridized carbons (Fsp3) is 0.545. The van der Waals surface area contributed by atoms with Gasteiger partial charge in [-0.15, -0.1) is 0 Å². The molecule has 4 rings (SSSR count). The summed E-state index contributed by atoms with van der Waals surface area (Å²) in [5.74, 6) is -0.251. The number of nitrogens with one attached hydrogen (secondary N) is 1. The maximum absolute atomic E-state index is 13.7. The molecule has 0 bridgehead atoms. The fourth-order valence-corrected chi connectivity index (χ4v) is 4.54. The van der Waals surface area contributed by atoms with Crippen LogP contribution in [0.1, 0.15) is 75.7 Å². The minimum absolute atomic E-state index is 0.0108. The standard InChI is InChI=1S/C22H28FN3O/c1-21(2,3)26-19-10-5-9-18(17(19)14-24-26)25-20(27)22(11-6-12-22)15-7-4-8-16(23)13-15/h4,7-8,13-14,18H,5-6,9-12H2,1-3H3,(H,25,27)/t18-/m1/s1. The zero-order valence-corrected chi connectivity index (χ0v) is 16.4. The number of aromatic nitrogens is 2. The Kier molecular flexibility index (Phi) is 4.36. The van der Waals surface area contributed by atoms with Crippen molar-refractivity contribution in [3.63, 3.8) is 0 Å². The number of halogens is 1. The van der Waals surface area contributed by atoms with Crippen LogP contribution in [0.25, 0.3) is 0 Å². The van der Waals surface area contributed by atoms with E-state index in [4.69, 9.17) is 0 Å². The first-order valence-electron chi connectivity index (χ1n) is 9.95. The first-order chi connectivity index (χ1) is 12.8. The van der Waals surface area contributed by atoms with Crippen molar-refractivity contribution >= 4 is 5.91 Å². The smallest absolute Gasteiger partial charge is 0.231 e. The van der Waals surface area contributed by atoms with Crippen LogP contribution in [0, 0.1) is 5.82 Å². The molecule has 0 saturated heterocycles. The second-order valence-electron chi connectivity index (χ2n) is 8.99. The van der Waals surface area contributed by atoms with Crippen LogP contribution in [0.5, 0.6) is 0 Å². The second kappa shape index (κ2) is 6.47. The molecule has 0 unspecified atom stereocenters. The third kappa shape index (κ3) is 3.07. The Morgan fingerprint density at radius 1 is 1.30 bits per heavy atom. The van der Waals surface area contributed by atoms with Crippen molar-refractivity contribution in [2.75, 3.05) is 0 Å². The van der Waals surface area contributed by atoms with Gasteiger partial charge in [0.2, 0.25) is 5.91 Å². The lowest BCUT2D eigenvalue weighted by Crippen LogP contribution is -2.50. The number of hydrogen-bond donors (Lipinski definition) is 1. The van der Waals surface area contributed by atoms with E-state index in [-0.39, 0.29) is 23.3 Å². The summed E-state index contributed by atoms with van der Waals surface area (Å²) >= 11 is 0. The SMILES string of the molecule is CC(C)(C)n1ncc2c1CCC[C@H]2NC(=O)C1(c2cccc(F)c2)CCC1. The number of nitrogens with zero attached hydrogens (tertiary/aromatic N) is 2. The molecule has 2 aliphatic rings. The minimum Gasteiger partial charge on any atom is -0.348 e.